The van der Waals surface area contributed by atoms with E-state index >= 15 is 0 Å². The van der Waals surface area contributed by atoms with E-state index in [0.717, 1.165) is 12.7 Å². The first-order valence-electron chi connectivity index (χ1n) is 14.3. The molecule has 2 aromatic rings. The number of nitrogens with zero attached hydrogens (tertiary/aromatic N) is 6. The van der Waals surface area contributed by atoms with Crippen LogP contribution in [0, 0.1) is 0 Å². The van der Waals surface area contributed by atoms with Crippen LogP contribution in [-0.4, -0.2) is 98.2 Å². The standard InChI is InChI=1S/2C13H19ClN8O4.H2O/c2*1-13(2,3)26-6(23)4-17-12(25)22-19-5-18-11(24)7-9(15)21-10(16)8(14)20-7;/h2*5H,4H2,1-3H3,(H4,15,16,21)(H2,17,22,25)(H,18,19,24);1H2. The van der Waals surface area contributed by atoms with Crippen molar-refractivity contribution in [2.45, 2.75) is 52.7 Å². The number of aromatic nitrogens is 4. The number of hydrogen-bond donors (Lipinski definition) is 10. The Morgan fingerprint density at radius 2 is 0.943 bits per heavy atom. The van der Waals surface area contributed by atoms with Gasteiger partial charge in [0.25, 0.3) is 11.8 Å². The lowest BCUT2D eigenvalue weighted by Crippen LogP contribution is -2.39. The van der Waals surface area contributed by atoms with Crippen molar-refractivity contribution in [1.82, 2.24) is 52.1 Å². The molecule has 0 saturated carbocycles. The van der Waals surface area contributed by atoms with Gasteiger partial charge in [0.05, 0.1) is 0 Å². The summed E-state index contributed by atoms with van der Waals surface area (Å²) in [6.45, 7) is 9.49. The highest BCUT2D eigenvalue weighted by Crippen LogP contribution is 2.18. The van der Waals surface area contributed by atoms with Gasteiger partial charge >= 0.3 is 24.0 Å². The van der Waals surface area contributed by atoms with E-state index in [0.29, 0.717) is 0 Å². The number of urea groups is 2. The maximum absolute atomic E-state index is 11.8. The first kappa shape index (κ1) is 46.7. The lowest BCUT2D eigenvalue weighted by atomic mass is 10.2. The minimum Gasteiger partial charge on any atom is -0.459 e. The SMILES string of the molecule is CC(C)(C)OC(=O)CNC(=O)NN=CNC(=O)c1nc(Cl)c(N)nc1N.CC(C)(C)OC(=O)CNC(=O)NN=CNC(=O)c1nc(Cl)c(N)nc1N.O. The molecular formula is C26H40Cl2N16O9. The van der Waals surface area contributed by atoms with Gasteiger partial charge < -0.3 is 59.2 Å². The fraction of sp³-hybridized carbons (Fsp3) is 0.385. The summed E-state index contributed by atoms with van der Waals surface area (Å²) in [4.78, 5) is 84.1. The zero-order chi connectivity index (χ0) is 39.8. The molecule has 0 aromatic carbocycles. The number of halogens is 2. The van der Waals surface area contributed by atoms with Crippen LogP contribution in [0.2, 0.25) is 10.3 Å². The van der Waals surface area contributed by atoms with Crippen molar-refractivity contribution in [3.8, 4) is 0 Å². The summed E-state index contributed by atoms with van der Waals surface area (Å²) in [7, 11) is 0. The number of nitrogens with one attached hydrogen (secondary N) is 6. The number of hydrazone groups is 2. The number of carbonyl (C=O) groups is 6. The Hall–Kier alpha value is -6.34. The number of rotatable bonds is 10. The molecule has 0 bridgehead atoms. The van der Waals surface area contributed by atoms with Crippen molar-refractivity contribution in [1.29, 1.82) is 0 Å². The summed E-state index contributed by atoms with van der Waals surface area (Å²) in [5.74, 6) is -3.43. The molecule has 27 heteroatoms. The van der Waals surface area contributed by atoms with Crippen LogP contribution in [-0.2, 0) is 19.1 Å². The lowest BCUT2D eigenvalue weighted by Gasteiger charge is -2.19. The van der Waals surface area contributed by atoms with Crippen molar-refractivity contribution in [3.63, 3.8) is 0 Å². The van der Waals surface area contributed by atoms with Crippen molar-refractivity contribution >= 4 is 95.0 Å². The molecule has 25 nitrogen and oxygen atoms in total. The molecule has 16 N–H and O–H groups in total. The molecule has 292 valence electrons. The predicted molar refractivity (Wildman–Crippen MR) is 192 cm³/mol. The highest BCUT2D eigenvalue weighted by Gasteiger charge is 2.19. The monoisotopic (exact) mass is 790 g/mol. The summed E-state index contributed by atoms with van der Waals surface area (Å²) in [6, 6.07) is -1.56. The predicted octanol–water partition coefficient (Wildman–Crippen LogP) is -1.61. The lowest BCUT2D eigenvalue weighted by molar-refractivity contribution is -0.154. The Kier molecular flexibility index (Phi) is 18.6. The molecule has 2 heterocycles. The van der Waals surface area contributed by atoms with E-state index in [1.807, 2.05) is 10.9 Å². The van der Waals surface area contributed by atoms with Crippen LogP contribution in [0.25, 0.3) is 0 Å². The second-order valence-corrected chi connectivity index (χ2v) is 12.2. The molecule has 53 heavy (non-hydrogen) atoms. The molecular weight excluding hydrogens is 751 g/mol. The zero-order valence-corrected chi connectivity index (χ0v) is 30.6. The third-order valence-corrected chi connectivity index (χ3v) is 5.28. The summed E-state index contributed by atoms with van der Waals surface area (Å²) in [5.41, 5.74) is 24.0. The average molecular weight is 792 g/mol. The maximum atomic E-state index is 11.8. The molecule has 0 fully saturated rings. The van der Waals surface area contributed by atoms with Gasteiger partial charge in [-0.15, -0.1) is 0 Å². The third-order valence-electron chi connectivity index (χ3n) is 4.72. The van der Waals surface area contributed by atoms with E-state index in [-0.39, 0.29) is 63.5 Å². The summed E-state index contributed by atoms with van der Waals surface area (Å²) >= 11 is 11.3. The van der Waals surface area contributed by atoms with Crippen LogP contribution >= 0.6 is 23.2 Å². The second kappa shape index (κ2) is 21.1. The smallest absolute Gasteiger partial charge is 0.335 e. The highest BCUT2D eigenvalue weighted by molar-refractivity contribution is 6.32. The molecule has 2 aromatic heterocycles. The molecule has 0 unspecified atom stereocenters. The summed E-state index contributed by atoms with van der Waals surface area (Å²) in [6.07, 6.45) is 1.75. The molecule has 0 spiro atoms. The molecule has 0 radical (unpaired) electrons. The fourth-order valence-electron chi connectivity index (χ4n) is 2.86. The number of esters is 2. The molecule has 0 aliphatic rings. The molecule has 2 rings (SSSR count). The normalized spacial score (nSPS) is 10.9. The summed E-state index contributed by atoms with van der Waals surface area (Å²) < 4.78 is 10.0. The van der Waals surface area contributed by atoms with E-state index in [2.05, 4.69) is 51.4 Å². The van der Waals surface area contributed by atoms with Gasteiger partial charge in [0.15, 0.2) is 45.0 Å². The Bertz CT molecular complexity index is 1590. The molecule has 0 atom stereocenters. The molecule has 0 aliphatic carbocycles. The van der Waals surface area contributed by atoms with Gasteiger partial charge in [-0.2, -0.15) is 10.2 Å². The third kappa shape index (κ3) is 19.0. The van der Waals surface area contributed by atoms with Gasteiger partial charge in [-0.1, -0.05) is 23.2 Å². The number of amides is 6. The van der Waals surface area contributed by atoms with Gasteiger partial charge in [-0.25, -0.2) is 40.4 Å². The van der Waals surface area contributed by atoms with E-state index in [9.17, 15) is 28.8 Å². The Morgan fingerprint density at radius 3 is 1.25 bits per heavy atom. The molecule has 6 amide bonds. The first-order valence-corrected chi connectivity index (χ1v) is 15.1. The second-order valence-electron chi connectivity index (χ2n) is 11.5. The van der Waals surface area contributed by atoms with Crippen LogP contribution in [0.5, 0.6) is 0 Å². The minimum absolute atomic E-state index is 0. The molecule has 0 aliphatic heterocycles. The van der Waals surface area contributed by atoms with Gasteiger partial charge in [-0.05, 0) is 41.5 Å². The van der Waals surface area contributed by atoms with E-state index in [4.69, 9.17) is 55.6 Å². The Morgan fingerprint density at radius 1 is 0.623 bits per heavy atom. The van der Waals surface area contributed by atoms with Crippen LogP contribution in [0.3, 0.4) is 0 Å². The van der Waals surface area contributed by atoms with Crippen LogP contribution in [0.1, 0.15) is 62.5 Å². The van der Waals surface area contributed by atoms with Crippen LogP contribution in [0.15, 0.2) is 10.2 Å². The van der Waals surface area contributed by atoms with Crippen LogP contribution < -0.4 is 55.1 Å². The number of anilines is 4. The number of nitrogens with two attached hydrogens (primary N) is 4. The van der Waals surface area contributed by atoms with E-state index in [1.165, 1.54) is 0 Å². The quantitative estimate of drug-likeness (QED) is 0.0560. The van der Waals surface area contributed by atoms with Crippen LogP contribution in [0.4, 0.5) is 32.9 Å². The Balaban J connectivity index is 0.00000100. The topological polar surface area (TPSA) is 405 Å². The summed E-state index contributed by atoms with van der Waals surface area (Å²) in [5, 5.41) is 15.4. The van der Waals surface area contributed by atoms with Crippen molar-refractivity contribution < 1.29 is 43.7 Å². The highest BCUT2D eigenvalue weighted by atomic mass is 35.5. The Labute approximate surface area is 311 Å². The van der Waals surface area contributed by atoms with Gasteiger partial charge in [0.2, 0.25) is 0 Å². The first-order chi connectivity index (χ1) is 24.0. The van der Waals surface area contributed by atoms with Crippen molar-refractivity contribution in [2.75, 3.05) is 36.0 Å². The number of nitrogen functional groups attached to an aromatic ring is 4. The maximum Gasteiger partial charge on any atom is 0.335 e. The van der Waals surface area contributed by atoms with Gasteiger partial charge in [0.1, 0.15) is 37.0 Å². The molecule has 0 saturated heterocycles. The van der Waals surface area contributed by atoms with E-state index in [1.54, 1.807) is 41.5 Å². The minimum atomic E-state index is -0.781. The zero-order valence-electron chi connectivity index (χ0n) is 29.1. The number of hydrogen-bond acceptors (Lipinski definition) is 18. The van der Waals surface area contributed by atoms with E-state index < -0.39 is 47.0 Å². The fourth-order valence-corrected chi connectivity index (χ4v) is 3.11. The van der Waals surface area contributed by atoms with Crippen molar-refractivity contribution in [3.05, 3.63) is 21.7 Å². The van der Waals surface area contributed by atoms with Crippen molar-refractivity contribution in [2.24, 2.45) is 10.2 Å². The number of ether oxygens (including phenoxy) is 2. The largest absolute Gasteiger partial charge is 0.459 e. The average Bonchev–Trinajstić information content (AvgIpc) is 3.01. The number of carbonyl (C=O) groups excluding carboxylic acids is 6. The van der Waals surface area contributed by atoms with Gasteiger partial charge in [-0.3, -0.25) is 19.2 Å². The van der Waals surface area contributed by atoms with Gasteiger partial charge in [0, 0.05) is 0 Å².